The van der Waals surface area contributed by atoms with Crippen molar-refractivity contribution in [1.82, 2.24) is 15.0 Å². The van der Waals surface area contributed by atoms with E-state index in [4.69, 9.17) is 11.6 Å². The summed E-state index contributed by atoms with van der Waals surface area (Å²) >= 11 is 9.73. The lowest BCUT2D eigenvalue weighted by atomic mass is 10.0. The minimum absolute atomic E-state index is 0.142. The van der Waals surface area contributed by atoms with Gasteiger partial charge in [-0.05, 0) is 49.8 Å². The molecule has 0 aliphatic carbocycles. The van der Waals surface area contributed by atoms with E-state index in [1.165, 1.54) is 0 Å². The molecule has 1 aliphatic heterocycles. The summed E-state index contributed by atoms with van der Waals surface area (Å²) in [5.41, 5.74) is 0. The van der Waals surface area contributed by atoms with Crippen LogP contribution in [0.5, 0.6) is 0 Å². The Kier molecular flexibility index (Phi) is 7.06. The van der Waals surface area contributed by atoms with E-state index in [2.05, 4.69) is 60.3 Å². The molecule has 1 N–H and O–H groups in total. The summed E-state index contributed by atoms with van der Waals surface area (Å²) in [6, 6.07) is 2.11. The van der Waals surface area contributed by atoms with Crippen LogP contribution in [0.2, 0.25) is 5.28 Å². The average Bonchev–Trinajstić information content (AvgIpc) is 2.80. The normalized spacial score (nSPS) is 22.2. The summed E-state index contributed by atoms with van der Waals surface area (Å²) in [4.78, 5) is 15.0. The van der Waals surface area contributed by atoms with Gasteiger partial charge in [-0.15, -0.1) is 11.8 Å². The number of nitrogens with one attached hydrogen (secondary N) is 1. The van der Waals surface area contributed by atoms with E-state index in [9.17, 15) is 5.26 Å². The highest BCUT2D eigenvalue weighted by molar-refractivity contribution is 8.01. The molecule has 2 atom stereocenters. The molecule has 0 amide bonds. The van der Waals surface area contributed by atoms with Gasteiger partial charge in [0.2, 0.25) is 17.2 Å². The fraction of sp³-hybridized carbons (Fsp3) is 0.750. The molecule has 0 saturated carbocycles. The van der Waals surface area contributed by atoms with Gasteiger partial charge in [0.1, 0.15) is 6.04 Å². The number of rotatable bonds is 7. The van der Waals surface area contributed by atoms with Crippen molar-refractivity contribution in [2.45, 2.75) is 50.3 Å². The first-order valence-electron chi connectivity index (χ1n) is 8.28. The first-order chi connectivity index (χ1) is 11.8. The molecular formula is C16H25ClN6S2. The second kappa shape index (κ2) is 8.65. The van der Waals surface area contributed by atoms with E-state index < -0.39 is 0 Å². The van der Waals surface area contributed by atoms with Crippen molar-refractivity contribution in [3.8, 4) is 6.07 Å². The zero-order valence-corrected chi connectivity index (χ0v) is 17.7. The summed E-state index contributed by atoms with van der Waals surface area (Å²) < 4.78 is -0.206. The number of halogens is 1. The Labute approximate surface area is 163 Å². The van der Waals surface area contributed by atoms with Crippen LogP contribution < -0.4 is 10.2 Å². The second-order valence-electron chi connectivity index (χ2n) is 6.90. The van der Waals surface area contributed by atoms with Gasteiger partial charge in [-0.1, -0.05) is 13.8 Å². The van der Waals surface area contributed by atoms with Crippen LogP contribution in [0.15, 0.2) is 0 Å². The molecule has 138 valence electrons. The molecule has 1 aliphatic rings. The van der Waals surface area contributed by atoms with E-state index in [0.717, 1.165) is 18.7 Å². The Balaban J connectivity index is 2.36. The van der Waals surface area contributed by atoms with Crippen molar-refractivity contribution in [3.63, 3.8) is 0 Å². The molecule has 0 bridgehead atoms. The number of hydrogen-bond acceptors (Lipinski definition) is 8. The molecule has 1 fully saturated rings. The highest BCUT2D eigenvalue weighted by atomic mass is 35.5. The molecule has 0 aromatic carbocycles. The fourth-order valence-electron chi connectivity index (χ4n) is 2.68. The zero-order chi connectivity index (χ0) is 18.6. The number of aromatic nitrogens is 3. The maximum absolute atomic E-state index is 9.76. The van der Waals surface area contributed by atoms with Gasteiger partial charge in [0.05, 0.1) is 11.4 Å². The van der Waals surface area contributed by atoms with Gasteiger partial charge in [-0.2, -0.15) is 32.0 Å². The van der Waals surface area contributed by atoms with Crippen LogP contribution in [-0.4, -0.2) is 49.7 Å². The van der Waals surface area contributed by atoms with Crippen LogP contribution >= 0.6 is 35.1 Å². The van der Waals surface area contributed by atoms with Crippen molar-refractivity contribution in [3.05, 3.63) is 5.28 Å². The molecule has 1 saturated heterocycles. The van der Waals surface area contributed by atoms with E-state index >= 15 is 0 Å². The summed E-state index contributed by atoms with van der Waals surface area (Å²) in [6.07, 6.45) is 3.04. The predicted molar refractivity (Wildman–Crippen MR) is 109 cm³/mol. The lowest BCUT2D eigenvalue weighted by Gasteiger charge is -2.28. The summed E-state index contributed by atoms with van der Waals surface area (Å²) in [7, 11) is 0. The first-order valence-corrected chi connectivity index (χ1v) is 10.9. The number of thioether (sulfide) groups is 2. The monoisotopic (exact) mass is 400 g/mol. The molecule has 2 rings (SSSR count). The molecule has 9 heteroatoms. The maximum atomic E-state index is 9.76. The fourth-order valence-corrected chi connectivity index (χ4v) is 5.01. The van der Waals surface area contributed by atoms with Gasteiger partial charge in [-0.25, -0.2) is 0 Å². The van der Waals surface area contributed by atoms with Crippen molar-refractivity contribution < 1.29 is 0 Å². The van der Waals surface area contributed by atoms with Gasteiger partial charge < -0.3 is 10.2 Å². The number of anilines is 2. The number of nitriles is 1. The van der Waals surface area contributed by atoms with Gasteiger partial charge in [0.25, 0.3) is 0 Å². The SMILES string of the molecule is CSCCC1SC(C)(C)C(C#N)N1c1nc(Cl)nc(NCC(C)C)n1. The average molecular weight is 401 g/mol. The minimum atomic E-state index is -0.319. The molecular weight excluding hydrogens is 376 g/mol. The van der Waals surface area contributed by atoms with Gasteiger partial charge in [-0.3, -0.25) is 0 Å². The van der Waals surface area contributed by atoms with Gasteiger partial charge in [0, 0.05) is 11.3 Å². The maximum Gasteiger partial charge on any atom is 0.233 e. The number of hydrogen-bond donors (Lipinski definition) is 1. The van der Waals surface area contributed by atoms with Gasteiger partial charge >= 0.3 is 0 Å². The van der Waals surface area contributed by atoms with E-state index in [-0.39, 0.29) is 21.4 Å². The largest absolute Gasteiger partial charge is 0.354 e. The lowest BCUT2D eigenvalue weighted by molar-refractivity contribution is 0.588. The predicted octanol–water partition coefficient (Wildman–Crippen LogP) is 3.90. The highest BCUT2D eigenvalue weighted by Crippen LogP contribution is 2.47. The third kappa shape index (κ3) is 5.05. The van der Waals surface area contributed by atoms with Crippen LogP contribution in [0.1, 0.15) is 34.1 Å². The smallest absolute Gasteiger partial charge is 0.233 e. The molecule has 0 radical (unpaired) electrons. The molecule has 2 unspecified atom stereocenters. The Morgan fingerprint density at radius 2 is 2.12 bits per heavy atom. The van der Waals surface area contributed by atoms with Crippen LogP contribution in [0.4, 0.5) is 11.9 Å². The summed E-state index contributed by atoms with van der Waals surface area (Å²) in [5.74, 6) is 2.40. The molecule has 0 spiro atoms. The minimum Gasteiger partial charge on any atom is -0.354 e. The van der Waals surface area contributed by atoms with Gasteiger partial charge in [0.15, 0.2) is 0 Å². The Bertz CT molecular complexity index is 634. The summed E-state index contributed by atoms with van der Waals surface area (Å²) in [5, 5.41) is 13.2. The zero-order valence-electron chi connectivity index (χ0n) is 15.3. The van der Waals surface area contributed by atoms with Crippen LogP contribution in [0, 0.1) is 17.2 Å². The van der Waals surface area contributed by atoms with Crippen molar-refractivity contribution in [1.29, 1.82) is 5.26 Å². The highest BCUT2D eigenvalue weighted by Gasteiger charge is 2.48. The molecule has 6 nitrogen and oxygen atoms in total. The third-order valence-corrected chi connectivity index (χ3v) is 6.25. The quantitative estimate of drug-likeness (QED) is 0.738. The standard InChI is InChI=1S/C16H25ClN6S2/c1-10(2)9-19-14-20-13(17)21-15(22-14)23-11(8-18)16(3,4)25-12(23)6-7-24-5/h10-12H,6-7,9H2,1-5H3,(H,19,20,21,22). The van der Waals surface area contributed by atoms with Crippen LogP contribution in [0.25, 0.3) is 0 Å². The topological polar surface area (TPSA) is 77.7 Å². The molecule has 1 aromatic heterocycles. The Morgan fingerprint density at radius 1 is 1.40 bits per heavy atom. The Hall–Kier alpha value is -0.910. The Morgan fingerprint density at radius 3 is 2.72 bits per heavy atom. The van der Waals surface area contributed by atoms with E-state index in [1.54, 1.807) is 23.5 Å². The lowest BCUT2D eigenvalue weighted by Crippen LogP contribution is -2.42. The van der Waals surface area contributed by atoms with Crippen molar-refractivity contribution in [2.75, 3.05) is 28.8 Å². The van der Waals surface area contributed by atoms with Crippen LogP contribution in [-0.2, 0) is 0 Å². The van der Waals surface area contributed by atoms with Crippen molar-refractivity contribution >= 4 is 47.0 Å². The first kappa shape index (κ1) is 20.4. The number of nitrogens with zero attached hydrogens (tertiary/aromatic N) is 5. The van der Waals surface area contributed by atoms with E-state index in [0.29, 0.717) is 17.8 Å². The molecule has 1 aromatic rings. The van der Waals surface area contributed by atoms with Crippen molar-refractivity contribution in [2.24, 2.45) is 5.92 Å². The summed E-state index contributed by atoms with van der Waals surface area (Å²) in [6.45, 7) is 9.16. The molecule has 25 heavy (non-hydrogen) atoms. The second-order valence-corrected chi connectivity index (χ2v) is 10.1. The third-order valence-electron chi connectivity index (χ3n) is 3.87. The molecule has 2 heterocycles. The van der Waals surface area contributed by atoms with Crippen LogP contribution in [0.3, 0.4) is 0 Å². The van der Waals surface area contributed by atoms with E-state index in [1.807, 2.05) is 4.90 Å².